The van der Waals surface area contributed by atoms with Gasteiger partial charge in [-0.3, -0.25) is 14.6 Å². The minimum Gasteiger partial charge on any atom is -0.299 e. The molecule has 0 saturated heterocycles. The lowest BCUT2D eigenvalue weighted by Crippen LogP contribution is -2.52. The smallest absolute Gasteiger partial charge is 0.178 e. The van der Waals surface area contributed by atoms with Crippen LogP contribution in [0.1, 0.15) is 51.5 Å². The van der Waals surface area contributed by atoms with Gasteiger partial charge in [-0.15, -0.1) is 0 Å². The molecule has 3 heteroatoms. The fourth-order valence-electron chi connectivity index (χ4n) is 6.87. The van der Waals surface area contributed by atoms with Crippen LogP contribution >= 0.6 is 0 Å². The third-order valence-electron chi connectivity index (χ3n) is 8.49. The summed E-state index contributed by atoms with van der Waals surface area (Å²) in [7, 11) is 0. The van der Waals surface area contributed by atoms with Gasteiger partial charge in [-0.1, -0.05) is 50.3 Å². The molecule has 6 atom stereocenters. The Morgan fingerprint density at radius 3 is 2.66 bits per heavy atom. The molecule has 1 aromatic rings. The van der Waals surface area contributed by atoms with E-state index in [4.69, 9.17) is 4.99 Å². The lowest BCUT2D eigenvalue weighted by molar-refractivity contribution is -0.131. The predicted octanol–water partition coefficient (Wildman–Crippen LogP) is 4.96. The van der Waals surface area contributed by atoms with Crippen molar-refractivity contribution >= 4 is 17.8 Å². The van der Waals surface area contributed by atoms with Crippen molar-refractivity contribution in [2.75, 3.05) is 0 Å². The van der Waals surface area contributed by atoms with E-state index in [0.29, 0.717) is 23.5 Å². The molecular formula is C26H29NO2. The van der Waals surface area contributed by atoms with Crippen LogP contribution in [0, 0.1) is 28.6 Å². The van der Waals surface area contributed by atoms with E-state index in [9.17, 15) is 9.59 Å². The average molecular weight is 388 g/mol. The molecule has 3 saturated carbocycles. The number of Topliss-reactive ketones (excluding diaryl/α,β-unsaturated/α-hetero) is 1. The second-order valence-electron chi connectivity index (χ2n) is 9.85. The second kappa shape index (κ2) is 6.62. The van der Waals surface area contributed by atoms with Gasteiger partial charge in [-0.05, 0) is 66.7 Å². The first-order valence-corrected chi connectivity index (χ1v) is 11.0. The molecule has 0 heterocycles. The van der Waals surface area contributed by atoms with Gasteiger partial charge in [-0.25, -0.2) is 0 Å². The first-order chi connectivity index (χ1) is 13.9. The zero-order valence-electron chi connectivity index (χ0n) is 17.3. The quantitative estimate of drug-likeness (QED) is 0.673. The number of carbonyl (C=O) groups excluding carboxylic acids is 2. The van der Waals surface area contributed by atoms with Gasteiger partial charge in [0.2, 0.25) is 0 Å². The van der Waals surface area contributed by atoms with Crippen molar-refractivity contribution in [1.29, 1.82) is 0 Å². The van der Waals surface area contributed by atoms with Crippen LogP contribution in [0.5, 0.6) is 0 Å². The molecule has 0 N–H and O–H groups in total. The first kappa shape index (κ1) is 18.7. The number of rotatable bonds is 2. The zero-order valence-corrected chi connectivity index (χ0v) is 17.3. The minimum atomic E-state index is -0.152. The lowest BCUT2D eigenvalue weighted by Gasteiger charge is -2.57. The number of carbonyl (C=O) groups is 2. The van der Waals surface area contributed by atoms with Crippen molar-refractivity contribution in [3.05, 3.63) is 59.7 Å². The maximum absolute atomic E-state index is 12.7. The van der Waals surface area contributed by atoms with Crippen LogP contribution in [0.25, 0.3) is 0 Å². The Balaban J connectivity index is 1.54. The van der Waals surface area contributed by atoms with Gasteiger partial charge in [0.25, 0.3) is 0 Å². The van der Waals surface area contributed by atoms with Crippen molar-refractivity contribution in [2.24, 2.45) is 33.6 Å². The molecule has 0 aromatic heterocycles. The summed E-state index contributed by atoms with van der Waals surface area (Å²) in [4.78, 5) is 30.0. The predicted molar refractivity (Wildman–Crippen MR) is 115 cm³/mol. The number of hydrogen-bond acceptors (Lipinski definition) is 3. The molecule has 29 heavy (non-hydrogen) atoms. The Morgan fingerprint density at radius 2 is 1.86 bits per heavy atom. The molecule has 0 radical (unpaired) electrons. The lowest BCUT2D eigenvalue weighted by atomic mass is 9.47. The van der Waals surface area contributed by atoms with Crippen LogP contribution in [0.4, 0.5) is 0 Å². The van der Waals surface area contributed by atoms with Gasteiger partial charge >= 0.3 is 0 Å². The monoisotopic (exact) mass is 387 g/mol. The highest BCUT2D eigenvalue weighted by atomic mass is 16.1. The Hall–Kier alpha value is -2.29. The third kappa shape index (κ3) is 2.81. The molecule has 0 aliphatic heterocycles. The summed E-state index contributed by atoms with van der Waals surface area (Å²) in [6.07, 6.45) is 12.4. The van der Waals surface area contributed by atoms with E-state index < -0.39 is 0 Å². The van der Waals surface area contributed by atoms with Crippen molar-refractivity contribution < 1.29 is 9.59 Å². The van der Waals surface area contributed by atoms with Crippen LogP contribution in [-0.2, 0) is 9.59 Å². The molecule has 0 bridgehead atoms. The molecule has 1 aromatic carbocycles. The van der Waals surface area contributed by atoms with Crippen LogP contribution in [-0.4, -0.2) is 23.8 Å². The van der Waals surface area contributed by atoms with E-state index in [2.05, 4.69) is 32.1 Å². The number of hydrogen-bond donors (Lipinski definition) is 0. The summed E-state index contributed by atoms with van der Waals surface area (Å²) in [5.74, 6) is 1.97. The summed E-state index contributed by atoms with van der Waals surface area (Å²) < 4.78 is 0. The number of fused-ring (bicyclic) bond motifs is 5. The maximum Gasteiger partial charge on any atom is 0.178 e. The van der Waals surface area contributed by atoms with Crippen LogP contribution in [0.3, 0.4) is 0 Å². The van der Waals surface area contributed by atoms with E-state index in [-0.39, 0.29) is 22.7 Å². The van der Waals surface area contributed by atoms with E-state index in [1.807, 2.05) is 30.5 Å². The number of allylic oxidation sites excluding steroid dienone is 3. The Bertz CT molecular complexity index is 943. The van der Waals surface area contributed by atoms with Crippen LogP contribution in [0.15, 0.2) is 59.1 Å². The summed E-state index contributed by atoms with van der Waals surface area (Å²) in [6.45, 7) is 4.50. The molecule has 0 amide bonds. The van der Waals surface area contributed by atoms with Gasteiger partial charge in [0.1, 0.15) is 5.78 Å². The number of aliphatic imine (C=N–C) groups is 1. The highest BCUT2D eigenvalue weighted by Gasteiger charge is 2.60. The highest BCUT2D eigenvalue weighted by molar-refractivity contribution is 6.01. The van der Waals surface area contributed by atoms with Crippen molar-refractivity contribution in [3.63, 3.8) is 0 Å². The van der Waals surface area contributed by atoms with E-state index >= 15 is 0 Å². The minimum absolute atomic E-state index is 0.00779. The fourth-order valence-corrected chi connectivity index (χ4v) is 6.87. The molecule has 4 aliphatic rings. The molecule has 3 nitrogen and oxygen atoms in total. The molecule has 150 valence electrons. The SMILES string of the molecule is C[C@]12C=CC(=O)C=C1[C@@H](N=Cc1ccccc1)C[C@@H]1[C@@H]2CC[C@]2(C)C(=O)CC[C@@H]12. The molecule has 0 spiro atoms. The topological polar surface area (TPSA) is 46.5 Å². The van der Waals surface area contributed by atoms with Gasteiger partial charge in [0.15, 0.2) is 5.78 Å². The first-order valence-electron chi connectivity index (χ1n) is 11.0. The molecule has 0 unspecified atom stereocenters. The molecule has 3 fully saturated rings. The standard InChI is InChI=1S/C26H29NO2/c1-25-12-10-18(28)14-22(25)23(27-16-17-6-4-3-5-7-17)15-19-20-8-9-24(29)26(20,2)13-11-21(19)25/h3-7,10,12,14,16,19-21,23H,8-9,11,13,15H2,1-2H3/t19-,20-,21-,23-,25+,26-/m0/s1. The number of ketones is 2. The van der Waals surface area contributed by atoms with Crippen molar-refractivity contribution in [3.8, 4) is 0 Å². The molecule has 5 rings (SSSR count). The van der Waals surface area contributed by atoms with E-state index in [0.717, 1.165) is 37.7 Å². The van der Waals surface area contributed by atoms with Gasteiger partial charge in [-0.2, -0.15) is 0 Å². The summed E-state index contributed by atoms with van der Waals surface area (Å²) in [5.41, 5.74) is 1.97. The Labute approximate surface area is 173 Å². The van der Waals surface area contributed by atoms with Crippen LogP contribution < -0.4 is 0 Å². The second-order valence-corrected chi connectivity index (χ2v) is 9.85. The van der Waals surface area contributed by atoms with Crippen molar-refractivity contribution in [2.45, 2.75) is 52.0 Å². The maximum atomic E-state index is 12.7. The molecular weight excluding hydrogens is 358 g/mol. The highest BCUT2D eigenvalue weighted by Crippen LogP contribution is 2.63. The van der Waals surface area contributed by atoms with Crippen molar-refractivity contribution in [1.82, 2.24) is 0 Å². The van der Waals surface area contributed by atoms with Gasteiger partial charge < -0.3 is 0 Å². The summed E-state index contributed by atoms with van der Waals surface area (Å²) >= 11 is 0. The zero-order chi connectivity index (χ0) is 20.2. The summed E-state index contributed by atoms with van der Waals surface area (Å²) in [6, 6.07) is 10.2. The normalized spacial score (nSPS) is 41.1. The number of benzene rings is 1. The number of nitrogens with zero attached hydrogens (tertiary/aromatic N) is 1. The van der Waals surface area contributed by atoms with E-state index in [1.54, 1.807) is 6.08 Å². The Kier molecular flexibility index (Phi) is 4.27. The third-order valence-corrected chi connectivity index (χ3v) is 8.49. The van der Waals surface area contributed by atoms with E-state index in [1.165, 1.54) is 5.57 Å². The van der Waals surface area contributed by atoms with Gasteiger partial charge in [0, 0.05) is 23.5 Å². The largest absolute Gasteiger partial charge is 0.299 e. The average Bonchev–Trinajstić information content (AvgIpc) is 3.03. The van der Waals surface area contributed by atoms with Gasteiger partial charge in [0.05, 0.1) is 6.04 Å². The molecule has 4 aliphatic carbocycles. The summed E-state index contributed by atoms with van der Waals surface area (Å²) in [5, 5.41) is 0. The fraction of sp³-hybridized carbons (Fsp3) is 0.500. The van der Waals surface area contributed by atoms with Crippen LogP contribution in [0.2, 0.25) is 0 Å². The Morgan fingerprint density at radius 1 is 1.07 bits per heavy atom.